The second-order valence-electron chi connectivity index (χ2n) is 5.74. The fourth-order valence-electron chi connectivity index (χ4n) is 1.85. The van der Waals surface area contributed by atoms with Crippen molar-refractivity contribution < 1.29 is 0 Å². The van der Waals surface area contributed by atoms with Crippen molar-refractivity contribution in [3.8, 4) is 6.07 Å². The standard InChI is InChI=1S/C17H18N2S/c1-17(2,3)13-4-6-14(7-5-13)20-15-8-9-16(19)12(10-15)11-18/h4-10H,19H2,1-3H3. The fraction of sp³-hybridized carbons (Fsp3) is 0.235. The van der Waals surface area contributed by atoms with Crippen molar-refractivity contribution in [3.63, 3.8) is 0 Å². The van der Waals surface area contributed by atoms with Gasteiger partial charge in [0.05, 0.1) is 5.56 Å². The summed E-state index contributed by atoms with van der Waals surface area (Å²) in [5.74, 6) is 0. The summed E-state index contributed by atoms with van der Waals surface area (Å²) in [6, 6.07) is 16.2. The third-order valence-electron chi connectivity index (χ3n) is 3.10. The highest BCUT2D eigenvalue weighted by Crippen LogP contribution is 2.31. The lowest BCUT2D eigenvalue weighted by Gasteiger charge is -2.19. The van der Waals surface area contributed by atoms with Gasteiger partial charge in [-0.05, 0) is 41.3 Å². The van der Waals surface area contributed by atoms with Crippen molar-refractivity contribution in [2.75, 3.05) is 5.73 Å². The van der Waals surface area contributed by atoms with Crippen LogP contribution in [-0.4, -0.2) is 0 Å². The van der Waals surface area contributed by atoms with E-state index in [2.05, 4.69) is 51.1 Å². The molecule has 0 aliphatic heterocycles. The molecule has 0 radical (unpaired) electrons. The Balaban J connectivity index is 2.21. The van der Waals surface area contributed by atoms with E-state index in [0.29, 0.717) is 11.3 Å². The van der Waals surface area contributed by atoms with Crippen molar-refractivity contribution in [1.82, 2.24) is 0 Å². The first-order valence-electron chi connectivity index (χ1n) is 6.48. The summed E-state index contributed by atoms with van der Waals surface area (Å²) in [5.41, 5.74) is 8.27. The fourth-order valence-corrected chi connectivity index (χ4v) is 2.71. The quantitative estimate of drug-likeness (QED) is 0.820. The summed E-state index contributed by atoms with van der Waals surface area (Å²) in [6.45, 7) is 6.61. The van der Waals surface area contributed by atoms with Gasteiger partial charge >= 0.3 is 0 Å². The van der Waals surface area contributed by atoms with E-state index >= 15 is 0 Å². The molecule has 0 aromatic heterocycles. The number of hydrogen-bond acceptors (Lipinski definition) is 3. The van der Waals surface area contributed by atoms with Gasteiger partial charge in [-0.1, -0.05) is 44.7 Å². The van der Waals surface area contributed by atoms with Crippen LogP contribution in [0.25, 0.3) is 0 Å². The van der Waals surface area contributed by atoms with E-state index in [9.17, 15) is 0 Å². The van der Waals surface area contributed by atoms with Gasteiger partial charge < -0.3 is 5.73 Å². The van der Waals surface area contributed by atoms with E-state index in [4.69, 9.17) is 11.0 Å². The van der Waals surface area contributed by atoms with Crippen molar-refractivity contribution >= 4 is 17.4 Å². The topological polar surface area (TPSA) is 49.8 Å². The van der Waals surface area contributed by atoms with E-state index in [1.807, 2.05) is 12.1 Å². The molecule has 3 heteroatoms. The number of nitrogen functional groups attached to an aromatic ring is 1. The van der Waals surface area contributed by atoms with E-state index in [1.54, 1.807) is 17.8 Å². The maximum Gasteiger partial charge on any atom is 0.101 e. The van der Waals surface area contributed by atoms with E-state index in [-0.39, 0.29) is 5.41 Å². The summed E-state index contributed by atoms with van der Waals surface area (Å²) in [4.78, 5) is 2.19. The molecule has 2 rings (SSSR count). The molecule has 20 heavy (non-hydrogen) atoms. The molecule has 0 heterocycles. The van der Waals surface area contributed by atoms with Crippen molar-refractivity contribution in [2.45, 2.75) is 36.0 Å². The minimum Gasteiger partial charge on any atom is -0.398 e. The van der Waals surface area contributed by atoms with Crippen molar-refractivity contribution in [2.24, 2.45) is 0 Å². The molecule has 2 aromatic carbocycles. The van der Waals surface area contributed by atoms with Crippen LogP contribution in [-0.2, 0) is 5.41 Å². The number of hydrogen-bond donors (Lipinski definition) is 1. The van der Waals surface area contributed by atoms with Gasteiger partial charge in [0.15, 0.2) is 0 Å². The molecule has 102 valence electrons. The van der Waals surface area contributed by atoms with Gasteiger partial charge in [-0.2, -0.15) is 5.26 Å². The predicted octanol–water partition coefficient (Wildman–Crippen LogP) is 4.59. The lowest BCUT2D eigenvalue weighted by Crippen LogP contribution is -2.10. The first-order chi connectivity index (χ1) is 9.40. The minimum absolute atomic E-state index is 0.165. The van der Waals surface area contributed by atoms with Crippen molar-refractivity contribution in [1.29, 1.82) is 5.26 Å². The Morgan fingerprint density at radius 2 is 1.60 bits per heavy atom. The van der Waals surface area contributed by atoms with Gasteiger partial charge in [-0.25, -0.2) is 0 Å². The summed E-state index contributed by atoms with van der Waals surface area (Å²) in [7, 11) is 0. The normalized spacial score (nSPS) is 11.1. The smallest absolute Gasteiger partial charge is 0.101 e. The van der Waals surface area contributed by atoms with Crippen molar-refractivity contribution in [3.05, 3.63) is 53.6 Å². The van der Waals surface area contributed by atoms with Gasteiger partial charge in [-0.3, -0.25) is 0 Å². The molecule has 0 saturated heterocycles. The summed E-state index contributed by atoms with van der Waals surface area (Å²) in [5, 5.41) is 9.00. The second-order valence-corrected chi connectivity index (χ2v) is 6.88. The van der Waals surface area contributed by atoms with Crippen LogP contribution < -0.4 is 5.73 Å². The molecule has 2 aromatic rings. The molecule has 0 saturated carbocycles. The van der Waals surface area contributed by atoms with Gasteiger partial charge in [0.1, 0.15) is 6.07 Å². The maximum absolute atomic E-state index is 9.00. The highest BCUT2D eigenvalue weighted by molar-refractivity contribution is 7.99. The molecule has 0 unspecified atom stereocenters. The molecule has 0 fully saturated rings. The molecule has 0 bridgehead atoms. The number of rotatable bonds is 2. The molecule has 2 nitrogen and oxygen atoms in total. The Morgan fingerprint density at radius 3 is 2.15 bits per heavy atom. The molecule has 0 atom stereocenters. The molecule has 0 amide bonds. The van der Waals surface area contributed by atoms with Crippen LogP contribution in [0.2, 0.25) is 0 Å². The number of nitrogens with two attached hydrogens (primary N) is 1. The molecule has 0 aliphatic carbocycles. The second kappa shape index (κ2) is 5.60. The van der Waals surface area contributed by atoms with E-state index < -0.39 is 0 Å². The zero-order valence-electron chi connectivity index (χ0n) is 12.0. The highest BCUT2D eigenvalue weighted by atomic mass is 32.2. The number of benzene rings is 2. The third kappa shape index (κ3) is 3.34. The van der Waals surface area contributed by atoms with E-state index in [1.165, 1.54) is 5.56 Å². The zero-order valence-corrected chi connectivity index (χ0v) is 12.8. The van der Waals surface area contributed by atoms with Gasteiger partial charge in [0.25, 0.3) is 0 Å². The average Bonchev–Trinajstić information content (AvgIpc) is 2.40. The summed E-state index contributed by atoms with van der Waals surface area (Å²) < 4.78 is 0. The summed E-state index contributed by atoms with van der Waals surface area (Å²) >= 11 is 1.64. The predicted molar refractivity (Wildman–Crippen MR) is 84.8 cm³/mol. The van der Waals surface area contributed by atoms with Gasteiger partial charge in [0.2, 0.25) is 0 Å². The number of nitrogens with zero attached hydrogens (tertiary/aromatic N) is 1. The van der Waals surface area contributed by atoms with Crippen LogP contribution in [0.15, 0.2) is 52.3 Å². The van der Waals surface area contributed by atoms with Crippen LogP contribution >= 0.6 is 11.8 Å². The maximum atomic E-state index is 9.00. The van der Waals surface area contributed by atoms with Crippen LogP contribution in [0, 0.1) is 11.3 Å². The Bertz CT molecular complexity index is 646. The molecule has 2 N–H and O–H groups in total. The highest BCUT2D eigenvalue weighted by Gasteiger charge is 2.13. The van der Waals surface area contributed by atoms with Gasteiger partial charge in [-0.15, -0.1) is 0 Å². The average molecular weight is 282 g/mol. The van der Waals surface area contributed by atoms with Crippen LogP contribution in [0.1, 0.15) is 31.9 Å². The van der Waals surface area contributed by atoms with Gasteiger partial charge in [0, 0.05) is 15.5 Å². The molecule has 0 spiro atoms. The zero-order chi connectivity index (χ0) is 14.8. The third-order valence-corrected chi connectivity index (χ3v) is 4.10. The van der Waals surface area contributed by atoms with Crippen LogP contribution in [0.5, 0.6) is 0 Å². The first kappa shape index (κ1) is 14.5. The molecular formula is C17H18N2S. The lowest BCUT2D eigenvalue weighted by molar-refractivity contribution is 0.590. The number of anilines is 1. The van der Waals surface area contributed by atoms with Crippen LogP contribution in [0.4, 0.5) is 5.69 Å². The Morgan fingerprint density at radius 1 is 1.00 bits per heavy atom. The first-order valence-corrected chi connectivity index (χ1v) is 7.30. The SMILES string of the molecule is CC(C)(C)c1ccc(Sc2ccc(N)c(C#N)c2)cc1. The summed E-state index contributed by atoms with van der Waals surface area (Å²) in [6.07, 6.45) is 0. The Hall–Kier alpha value is -1.92. The Kier molecular flexibility index (Phi) is 4.06. The van der Waals surface area contributed by atoms with Crippen LogP contribution in [0.3, 0.4) is 0 Å². The molecular weight excluding hydrogens is 264 g/mol. The largest absolute Gasteiger partial charge is 0.398 e. The Labute approximate surface area is 124 Å². The molecule has 0 aliphatic rings. The monoisotopic (exact) mass is 282 g/mol. The number of nitriles is 1. The lowest BCUT2D eigenvalue weighted by atomic mass is 9.87. The van der Waals surface area contributed by atoms with E-state index in [0.717, 1.165) is 9.79 Å². The minimum atomic E-state index is 0.165.